The SMILES string of the molecule is CNC(=O)C(C)OCCc1ccccc1N. The van der Waals surface area contributed by atoms with Gasteiger partial charge >= 0.3 is 0 Å². The molecule has 3 N–H and O–H groups in total. The molecule has 0 radical (unpaired) electrons. The van der Waals surface area contributed by atoms with Crippen LogP contribution in [-0.2, 0) is 16.0 Å². The molecule has 88 valence electrons. The van der Waals surface area contributed by atoms with Gasteiger partial charge in [-0.2, -0.15) is 0 Å². The van der Waals surface area contributed by atoms with E-state index in [1.165, 1.54) is 0 Å². The van der Waals surface area contributed by atoms with E-state index in [4.69, 9.17) is 10.5 Å². The zero-order chi connectivity index (χ0) is 12.0. The first-order valence-electron chi connectivity index (χ1n) is 5.31. The van der Waals surface area contributed by atoms with Crippen LogP contribution in [0.25, 0.3) is 0 Å². The fourth-order valence-corrected chi connectivity index (χ4v) is 1.39. The Bertz CT molecular complexity index is 353. The maximum Gasteiger partial charge on any atom is 0.248 e. The number of carbonyl (C=O) groups excluding carboxylic acids is 1. The summed E-state index contributed by atoms with van der Waals surface area (Å²) < 4.78 is 5.39. The summed E-state index contributed by atoms with van der Waals surface area (Å²) in [6, 6.07) is 7.65. The molecule has 0 bridgehead atoms. The smallest absolute Gasteiger partial charge is 0.248 e. The van der Waals surface area contributed by atoms with Crippen LogP contribution in [0, 0.1) is 0 Å². The Labute approximate surface area is 95.8 Å². The molecule has 4 heteroatoms. The van der Waals surface area contributed by atoms with Gasteiger partial charge in [-0.1, -0.05) is 18.2 Å². The lowest BCUT2D eigenvalue weighted by Gasteiger charge is -2.11. The number of nitrogen functional groups attached to an aromatic ring is 1. The third kappa shape index (κ3) is 3.55. The molecule has 0 saturated carbocycles. The summed E-state index contributed by atoms with van der Waals surface area (Å²) in [5.41, 5.74) is 7.60. The molecule has 4 nitrogen and oxygen atoms in total. The molecule has 1 atom stereocenters. The van der Waals surface area contributed by atoms with Crippen molar-refractivity contribution in [2.75, 3.05) is 19.4 Å². The molecule has 0 aliphatic rings. The lowest BCUT2D eigenvalue weighted by atomic mass is 10.1. The van der Waals surface area contributed by atoms with Crippen molar-refractivity contribution in [1.82, 2.24) is 5.32 Å². The van der Waals surface area contributed by atoms with Gasteiger partial charge in [-0.15, -0.1) is 0 Å². The number of ether oxygens (including phenoxy) is 1. The highest BCUT2D eigenvalue weighted by Gasteiger charge is 2.10. The second-order valence-corrected chi connectivity index (χ2v) is 3.58. The summed E-state index contributed by atoms with van der Waals surface area (Å²) in [6.45, 7) is 2.22. The minimum absolute atomic E-state index is 0.110. The van der Waals surface area contributed by atoms with E-state index in [9.17, 15) is 4.79 Å². The molecule has 0 aromatic heterocycles. The van der Waals surface area contributed by atoms with Crippen LogP contribution in [0.2, 0.25) is 0 Å². The highest BCUT2D eigenvalue weighted by atomic mass is 16.5. The van der Waals surface area contributed by atoms with E-state index in [1.807, 2.05) is 24.3 Å². The minimum atomic E-state index is -0.421. The van der Waals surface area contributed by atoms with Crippen LogP contribution >= 0.6 is 0 Å². The topological polar surface area (TPSA) is 64.3 Å². The normalized spacial score (nSPS) is 12.1. The number of likely N-dealkylation sites (N-methyl/N-ethyl adjacent to an activating group) is 1. The molecule has 0 aliphatic heterocycles. The van der Waals surface area contributed by atoms with Gasteiger partial charge in [0.15, 0.2) is 0 Å². The Morgan fingerprint density at radius 2 is 2.19 bits per heavy atom. The van der Waals surface area contributed by atoms with Gasteiger partial charge in [0.2, 0.25) is 5.91 Å². The van der Waals surface area contributed by atoms with Crippen molar-refractivity contribution >= 4 is 11.6 Å². The Hall–Kier alpha value is -1.55. The molecule has 1 aromatic carbocycles. The second kappa shape index (κ2) is 6.12. The number of carbonyl (C=O) groups is 1. The Morgan fingerprint density at radius 1 is 1.50 bits per heavy atom. The highest BCUT2D eigenvalue weighted by molar-refractivity contribution is 5.79. The zero-order valence-electron chi connectivity index (χ0n) is 9.69. The van der Waals surface area contributed by atoms with Crippen LogP contribution < -0.4 is 11.1 Å². The van der Waals surface area contributed by atoms with E-state index in [-0.39, 0.29) is 5.91 Å². The predicted octanol–water partition coefficient (Wildman–Crippen LogP) is 0.962. The number of nitrogens with one attached hydrogen (secondary N) is 1. The maximum atomic E-state index is 11.2. The molecule has 0 heterocycles. The van der Waals surface area contributed by atoms with Crippen LogP contribution in [-0.4, -0.2) is 25.7 Å². The van der Waals surface area contributed by atoms with Crippen molar-refractivity contribution in [2.24, 2.45) is 0 Å². The number of rotatable bonds is 5. The van der Waals surface area contributed by atoms with Gasteiger partial charge in [0.25, 0.3) is 0 Å². The van der Waals surface area contributed by atoms with E-state index in [0.29, 0.717) is 13.0 Å². The van der Waals surface area contributed by atoms with Crippen LogP contribution in [0.15, 0.2) is 24.3 Å². The Morgan fingerprint density at radius 3 is 2.81 bits per heavy atom. The number of amides is 1. The van der Waals surface area contributed by atoms with Crippen LogP contribution in [0.4, 0.5) is 5.69 Å². The number of nitrogens with two attached hydrogens (primary N) is 1. The van der Waals surface area contributed by atoms with E-state index in [2.05, 4.69) is 5.32 Å². The Kier molecular flexibility index (Phi) is 4.79. The fourth-order valence-electron chi connectivity index (χ4n) is 1.39. The van der Waals surface area contributed by atoms with Crippen LogP contribution in [0.3, 0.4) is 0 Å². The van der Waals surface area contributed by atoms with Crippen molar-refractivity contribution < 1.29 is 9.53 Å². The van der Waals surface area contributed by atoms with Gasteiger partial charge in [-0.05, 0) is 25.0 Å². The van der Waals surface area contributed by atoms with Crippen molar-refractivity contribution in [2.45, 2.75) is 19.4 Å². The molecule has 0 saturated heterocycles. The van der Waals surface area contributed by atoms with Crippen molar-refractivity contribution in [1.29, 1.82) is 0 Å². The molecule has 0 spiro atoms. The molecule has 0 aliphatic carbocycles. The maximum absolute atomic E-state index is 11.2. The van der Waals surface area contributed by atoms with Crippen molar-refractivity contribution in [3.8, 4) is 0 Å². The molecule has 1 unspecified atom stereocenters. The highest BCUT2D eigenvalue weighted by Crippen LogP contribution is 2.11. The molecule has 1 amide bonds. The molecule has 0 fully saturated rings. The summed E-state index contributed by atoms with van der Waals surface area (Å²) in [5.74, 6) is -0.110. The summed E-state index contributed by atoms with van der Waals surface area (Å²) in [5, 5.41) is 2.54. The second-order valence-electron chi connectivity index (χ2n) is 3.58. The number of anilines is 1. The van der Waals surface area contributed by atoms with E-state index in [0.717, 1.165) is 11.3 Å². The lowest BCUT2D eigenvalue weighted by molar-refractivity contribution is -0.131. The third-order valence-electron chi connectivity index (χ3n) is 2.41. The average molecular weight is 222 g/mol. The molecule has 1 aromatic rings. The first kappa shape index (κ1) is 12.5. The number of hydrogen-bond donors (Lipinski definition) is 2. The predicted molar refractivity (Wildman–Crippen MR) is 64.0 cm³/mol. The summed E-state index contributed by atoms with van der Waals surface area (Å²) in [6.07, 6.45) is 0.295. The zero-order valence-corrected chi connectivity index (χ0v) is 9.69. The average Bonchev–Trinajstić information content (AvgIpc) is 2.30. The molecule has 1 rings (SSSR count). The fraction of sp³-hybridized carbons (Fsp3) is 0.417. The van der Waals surface area contributed by atoms with Crippen LogP contribution in [0.5, 0.6) is 0 Å². The third-order valence-corrected chi connectivity index (χ3v) is 2.41. The molecule has 16 heavy (non-hydrogen) atoms. The van der Waals surface area contributed by atoms with Crippen molar-refractivity contribution in [3.05, 3.63) is 29.8 Å². The largest absolute Gasteiger partial charge is 0.399 e. The minimum Gasteiger partial charge on any atom is -0.399 e. The van der Waals surface area contributed by atoms with Gasteiger partial charge in [0.05, 0.1) is 6.61 Å². The molecular weight excluding hydrogens is 204 g/mol. The van der Waals surface area contributed by atoms with E-state index in [1.54, 1.807) is 14.0 Å². The van der Waals surface area contributed by atoms with Gasteiger partial charge in [-0.25, -0.2) is 0 Å². The van der Waals surface area contributed by atoms with Gasteiger partial charge < -0.3 is 15.8 Å². The Balaban J connectivity index is 2.36. The standard InChI is InChI=1S/C12H18N2O2/c1-9(12(15)14-2)16-8-7-10-5-3-4-6-11(10)13/h3-6,9H,7-8,13H2,1-2H3,(H,14,15). The summed E-state index contributed by atoms with van der Waals surface area (Å²) in [4.78, 5) is 11.2. The van der Waals surface area contributed by atoms with Gasteiger partial charge in [0.1, 0.15) is 6.10 Å². The van der Waals surface area contributed by atoms with Crippen LogP contribution in [0.1, 0.15) is 12.5 Å². The van der Waals surface area contributed by atoms with Gasteiger partial charge in [0, 0.05) is 12.7 Å². The first-order valence-corrected chi connectivity index (χ1v) is 5.31. The van der Waals surface area contributed by atoms with Crippen molar-refractivity contribution in [3.63, 3.8) is 0 Å². The molecular formula is C12H18N2O2. The quantitative estimate of drug-likeness (QED) is 0.729. The summed E-state index contributed by atoms with van der Waals surface area (Å²) >= 11 is 0. The monoisotopic (exact) mass is 222 g/mol. The van der Waals surface area contributed by atoms with Gasteiger partial charge in [-0.3, -0.25) is 4.79 Å². The first-order chi connectivity index (χ1) is 7.65. The number of benzene rings is 1. The van der Waals surface area contributed by atoms with E-state index < -0.39 is 6.10 Å². The summed E-state index contributed by atoms with van der Waals surface area (Å²) in [7, 11) is 1.59. The number of para-hydroxylation sites is 1. The number of hydrogen-bond acceptors (Lipinski definition) is 3. The lowest BCUT2D eigenvalue weighted by Crippen LogP contribution is -2.32. The van der Waals surface area contributed by atoms with E-state index >= 15 is 0 Å².